The summed E-state index contributed by atoms with van der Waals surface area (Å²) in [5.74, 6) is 2.35. The molecule has 0 amide bonds. The number of aryl methyl sites for hydroxylation is 2. The molecule has 0 spiro atoms. The van der Waals surface area contributed by atoms with Crippen molar-refractivity contribution in [2.75, 3.05) is 7.05 Å². The van der Waals surface area contributed by atoms with Gasteiger partial charge in [-0.05, 0) is 38.1 Å². The Hall–Kier alpha value is -2.71. The highest BCUT2D eigenvalue weighted by atomic mass is 32.1. The van der Waals surface area contributed by atoms with Gasteiger partial charge in [0.1, 0.15) is 5.76 Å². The normalized spacial score (nSPS) is 11.9. The summed E-state index contributed by atoms with van der Waals surface area (Å²) >= 11 is 3.34. The van der Waals surface area contributed by atoms with Crippen LogP contribution in [0.1, 0.15) is 21.3 Å². The first kappa shape index (κ1) is 18.6. The van der Waals surface area contributed by atoms with Crippen molar-refractivity contribution in [3.05, 3.63) is 57.7 Å². The van der Waals surface area contributed by atoms with Crippen LogP contribution in [0, 0.1) is 13.8 Å². The zero-order chi connectivity index (χ0) is 19.5. The summed E-state index contributed by atoms with van der Waals surface area (Å²) < 4.78 is 7.13. The molecule has 0 saturated carbocycles. The van der Waals surface area contributed by atoms with Gasteiger partial charge in [0, 0.05) is 11.9 Å². The van der Waals surface area contributed by atoms with Gasteiger partial charge in [-0.25, -0.2) is 9.97 Å². The van der Waals surface area contributed by atoms with Gasteiger partial charge in [0.25, 0.3) is 0 Å². The molecule has 2 N–H and O–H groups in total. The highest BCUT2D eigenvalue weighted by Gasteiger charge is 2.11. The van der Waals surface area contributed by atoms with Crippen LogP contribution in [0.25, 0.3) is 21.0 Å². The molecule has 4 aromatic rings. The molecule has 0 bridgehead atoms. The molecular formula is C20H21N5OS2. The number of aromatic nitrogens is 2. The second-order valence-corrected chi connectivity index (χ2v) is 8.59. The number of furan rings is 1. The summed E-state index contributed by atoms with van der Waals surface area (Å²) in [5, 5.41) is 8.58. The molecule has 0 aliphatic heterocycles. The minimum absolute atomic E-state index is 0.547. The van der Waals surface area contributed by atoms with Crippen LogP contribution in [0.3, 0.4) is 0 Å². The molecule has 3 heterocycles. The Balaban J connectivity index is 1.37. The molecule has 0 saturated heterocycles. The van der Waals surface area contributed by atoms with Gasteiger partial charge >= 0.3 is 0 Å². The third-order valence-corrected chi connectivity index (χ3v) is 6.36. The van der Waals surface area contributed by atoms with Crippen LogP contribution in [-0.2, 0) is 13.1 Å². The molecule has 0 atom stereocenters. The fourth-order valence-electron chi connectivity index (χ4n) is 2.86. The van der Waals surface area contributed by atoms with Gasteiger partial charge in [-0.1, -0.05) is 12.1 Å². The Morgan fingerprint density at radius 3 is 2.61 bits per heavy atom. The Bertz CT molecular complexity index is 1090. The number of aliphatic imine (C=N–C) groups is 1. The minimum Gasteiger partial charge on any atom is -0.457 e. The molecule has 0 aliphatic rings. The van der Waals surface area contributed by atoms with E-state index in [9.17, 15) is 0 Å². The SMILES string of the molecule is CN=C(NCc1ccc(-c2nc3ccccc3s2)o1)NCc1sc(C)nc1C. The summed E-state index contributed by atoms with van der Waals surface area (Å²) in [5.41, 5.74) is 2.06. The quantitative estimate of drug-likeness (QED) is 0.374. The van der Waals surface area contributed by atoms with Crippen LogP contribution < -0.4 is 10.6 Å². The van der Waals surface area contributed by atoms with Gasteiger partial charge in [0.05, 0.1) is 34.0 Å². The lowest BCUT2D eigenvalue weighted by molar-refractivity contribution is 0.513. The number of nitrogens with one attached hydrogen (secondary N) is 2. The smallest absolute Gasteiger partial charge is 0.191 e. The molecule has 0 fully saturated rings. The Morgan fingerprint density at radius 2 is 1.86 bits per heavy atom. The van der Waals surface area contributed by atoms with Gasteiger partial charge in [-0.3, -0.25) is 4.99 Å². The van der Waals surface area contributed by atoms with Crippen LogP contribution in [0.15, 0.2) is 45.8 Å². The van der Waals surface area contributed by atoms with E-state index >= 15 is 0 Å². The van der Waals surface area contributed by atoms with Gasteiger partial charge < -0.3 is 15.1 Å². The topological polar surface area (TPSA) is 75.3 Å². The van der Waals surface area contributed by atoms with Crippen LogP contribution in [0.4, 0.5) is 0 Å². The van der Waals surface area contributed by atoms with Gasteiger partial charge in [-0.15, -0.1) is 22.7 Å². The Labute approximate surface area is 171 Å². The van der Waals surface area contributed by atoms with Crippen molar-refractivity contribution in [1.82, 2.24) is 20.6 Å². The van der Waals surface area contributed by atoms with Crippen LogP contribution in [0.5, 0.6) is 0 Å². The second-order valence-electron chi connectivity index (χ2n) is 6.27. The van der Waals surface area contributed by atoms with E-state index in [1.54, 1.807) is 29.7 Å². The van der Waals surface area contributed by atoms with E-state index in [2.05, 4.69) is 31.7 Å². The Kier molecular flexibility index (Phi) is 5.40. The largest absolute Gasteiger partial charge is 0.457 e. The average molecular weight is 412 g/mol. The number of guanidine groups is 1. The highest BCUT2D eigenvalue weighted by molar-refractivity contribution is 7.21. The van der Waals surface area contributed by atoms with E-state index in [0.29, 0.717) is 13.1 Å². The van der Waals surface area contributed by atoms with Crippen molar-refractivity contribution in [2.24, 2.45) is 4.99 Å². The first-order chi connectivity index (χ1) is 13.6. The molecular weight excluding hydrogens is 390 g/mol. The summed E-state index contributed by atoms with van der Waals surface area (Å²) in [6.07, 6.45) is 0. The number of thiazole rings is 2. The van der Waals surface area contributed by atoms with Crippen molar-refractivity contribution in [3.63, 3.8) is 0 Å². The monoisotopic (exact) mass is 411 g/mol. The fraction of sp³-hybridized carbons (Fsp3) is 0.250. The lowest BCUT2D eigenvalue weighted by Crippen LogP contribution is -2.36. The number of para-hydroxylation sites is 1. The molecule has 4 rings (SSSR count). The predicted molar refractivity (Wildman–Crippen MR) is 116 cm³/mol. The summed E-state index contributed by atoms with van der Waals surface area (Å²) in [4.78, 5) is 14.6. The molecule has 3 aromatic heterocycles. The van der Waals surface area contributed by atoms with E-state index in [1.807, 2.05) is 44.2 Å². The van der Waals surface area contributed by atoms with E-state index in [-0.39, 0.29) is 0 Å². The minimum atomic E-state index is 0.547. The van der Waals surface area contributed by atoms with Crippen molar-refractivity contribution in [2.45, 2.75) is 26.9 Å². The standard InChI is InChI=1S/C20H21N5OS2/c1-12-18(27-13(2)24-12)11-23-20(21-3)22-10-14-8-9-16(26-14)19-25-15-6-4-5-7-17(15)28-19/h4-9H,10-11H2,1-3H3,(H2,21,22,23). The van der Waals surface area contributed by atoms with Gasteiger partial charge in [-0.2, -0.15) is 0 Å². The number of hydrogen-bond donors (Lipinski definition) is 2. The Morgan fingerprint density at radius 1 is 1.04 bits per heavy atom. The van der Waals surface area contributed by atoms with Gasteiger partial charge in [0.2, 0.25) is 0 Å². The molecule has 144 valence electrons. The second kappa shape index (κ2) is 8.12. The lowest BCUT2D eigenvalue weighted by Gasteiger charge is -2.10. The number of fused-ring (bicyclic) bond motifs is 1. The zero-order valence-corrected chi connectivity index (χ0v) is 17.6. The predicted octanol–water partition coefficient (Wildman–Crippen LogP) is 4.49. The summed E-state index contributed by atoms with van der Waals surface area (Å²) in [7, 11) is 1.76. The maximum Gasteiger partial charge on any atom is 0.191 e. The maximum atomic E-state index is 5.97. The van der Waals surface area contributed by atoms with Crippen LogP contribution in [-0.4, -0.2) is 23.0 Å². The molecule has 6 nitrogen and oxygen atoms in total. The van der Waals surface area contributed by atoms with Crippen molar-refractivity contribution >= 4 is 38.8 Å². The highest BCUT2D eigenvalue weighted by Crippen LogP contribution is 2.31. The van der Waals surface area contributed by atoms with Crippen molar-refractivity contribution < 1.29 is 4.42 Å². The van der Waals surface area contributed by atoms with Crippen molar-refractivity contribution in [3.8, 4) is 10.8 Å². The van der Waals surface area contributed by atoms with E-state index in [0.717, 1.165) is 43.4 Å². The molecule has 8 heteroatoms. The van der Waals surface area contributed by atoms with E-state index in [1.165, 1.54) is 4.88 Å². The fourth-order valence-corrected chi connectivity index (χ4v) is 4.66. The van der Waals surface area contributed by atoms with Crippen LogP contribution >= 0.6 is 22.7 Å². The average Bonchev–Trinajstić information content (AvgIpc) is 3.40. The molecule has 0 aliphatic carbocycles. The number of hydrogen-bond acceptors (Lipinski definition) is 6. The number of nitrogens with zero attached hydrogens (tertiary/aromatic N) is 3. The van der Waals surface area contributed by atoms with Crippen LogP contribution in [0.2, 0.25) is 0 Å². The molecule has 1 aromatic carbocycles. The van der Waals surface area contributed by atoms with Gasteiger partial charge in [0.15, 0.2) is 16.7 Å². The number of benzene rings is 1. The number of rotatable bonds is 5. The summed E-state index contributed by atoms with van der Waals surface area (Å²) in [6, 6.07) is 12.0. The molecule has 0 radical (unpaired) electrons. The third kappa shape index (κ3) is 4.07. The summed E-state index contributed by atoms with van der Waals surface area (Å²) in [6.45, 7) is 5.30. The zero-order valence-electron chi connectivity index (χ0n) is 15.9. The van der Waals surface area contributed by atoms with Crippen molar-refractivity contribution in [1.29, 1.82) is 0 Å². The molecule has 0 unspecified atom stereocenters. The lowest BCUT2D eigenvalue weighted by atomic mass is 10.3. The maximum absolute atomic E-state index is 5.97. The van der Waals surface area contributed by atoms with E-state index < -0.39 is 0 Å². The first-order valence-electron chi connectivity index (χ1n) is 8.94. The van der Waals surface area contributed by atoms with E-state index in [4.69, 9.17) is 4.42 Å². The third-order valence-electron chi connectivity index (χ3n) is 4.24. The molecule has 28 heavy (non-hydrogen) atoms. The first-order valence-corrected chi connectivity index (χ1v) is 10.6.